The van der Waals surface area contributed by atoms with Gasteiger partial charge in [0, 0.05) is 46.5 Å². The van der Waals surface area contributed by atoms with Gasteiger partial charge >= 0.3 is 0 Å². The fourth-order valence-corrected chi connectivity index (χ4v) is 4.53. The highest BCUT2D eigenvalue weighted by Crippen LogP contribution is 2.21. The van der Waals surface area contributed by atoms with E-state index in [1.807, 2.05) is 48.9 Å². The van der Waals surface area contributed by atoms with Gasteiger partial charge in [0.05, 0.1) is 0 Å². The van der Waals surface area contributed by atoms with Crippen molar-refractivity contribution in [3.63, 3.8) is 0 Å². The van der Waals surface area contributed by atoms with Crippen molar-refractivity contribution < 1.29 is 14.0 Å². The van der Waals surface area contributed by atoms with Gasteiger partial charge in [0.15, 0.2) is 5.16 Å². The van der Waals surface area contributed by atoms with Gasteiger partial charge < -0.3 is 4.42 Å². The number of hydrogen-bond donors (Lipinski definition) is 2. The lowest BCUT2D eigenvalue weighted by molar-refractivity contribution is -0.121. The number of benzene rings is 1. The number of aryl methyl sites for hydroxylation is 3. The second-order valence-corrected chi connectivity index (χ2v) is 9.16. The van der Waals surface area contributed by atoms with Gasteiger partial charge in [-0.25, -0.2) is 9.97 Å². The summed E-state index contributed by atoms with van der Waals surface area (Å²) in [4.78, 5) is 33.2. The van der Waals surface area contributed by atoms with E-state index in [9.17, 15) is 9.59 Å². The molecule has 0 radical (unpaired) electrons. The van der Waals surface area contributed by atoms with Crippen LogP contribution in [0, 0.1) is 13.8 Å². The highest BCUT2D eigenvalue weighted by Gasteiger charge is 2.12. The van der Waals surface area contributed by atoms with Gasteiger partial charge in [0.2, 0.25) is 17.7 Å². The number of thioether (sulfide) groups is 1. The van der Waals surface area contributed by atoms with Crippen LogP contribution in [0.4, 0.5) is 0 Å². The van der Waals surface area contributed by atoms with E-state index in [0.29, 0.717) is 23.1 Å². The molecule has 0 bridgehead atoms. The molecule has 0 aliphatic rings. The number of nitrogens with zero attached hydrogens (tertiary/aromatic N) is 4. The Morgan fingerprint density at radius 2 is 1.79 bits per heavy atom. The number of amides is 2. The summed E-state index contributed by atoms with van der Waals surface area (Å²) in [6.07, 6.45) is 0.373. The Labute approximate surface area is 204 Å². The first-order chi connectivity index (χ1) is 16.5. The van der Waals surface area contributed by atoms with Gasteiger partial charge in [-0.05, 0) is 49.1 Å². The SMILES string of the molecule is Cc1cc(C)nc(SCc2ccc(C(=O)NNC(=O)CCc3nnc(-c4ccsc4)o3)cc2)n1. The molecule has 174 valence electrons. The fraction of sp³-hybridized carbons (Fsp3) is 0.217. The number of carbonyl (C=O) groups is 2. The number of hydrogen-bond acceptors (Lipinski definition) is 9. The number of aromatic nitrogens is 4. The topological polar surface area (TPSA) is 123 Å². The molecule has 11 heteroatoms. The van der Waals surface area contributed by atoms with Crippen LogP contribution in [-0.2, 0) is 17.0 Å². The van der Waals surface area contributed by atoms with Crippen molar-refractivity contribution in [2.24, 2.45) is 0 Å². The smallest absolute Gasteiger partial charge is 0.269 e. The molecular formula is C23H22N6O3S2. The van der Waals surface area contributed by atoms with Crippen LogP contribution in [-0.4, -0.2) is 32.0 Å². The maximum Gasteiger partial charge on any atom is 0.269 e. The summed E-state index contributed by atoms with van der Waals surface area (Å²) < 4.78 is 5.55. The Kier molecular flexibility index (Phi) is 7.65. The van der Waals surface area contributed by atoms with Crippen molar-refractivity contribution in [1.82, 2.24) is 31.0 Å². The maximum atomic E-state index is 12.3. The van der Waals surface area contributed by atoms with E-state index in [0.717, 1.165) is 27.7 Å². The van der Waals surface area contributed by atoms with Crippen molar-refractivity contribution in [2.45, 2.75) is 37.6 Å². The van der Waals surface area contributed by atoms with Crippen LogP contribution in [0.5, 0.6) is 0 Å². The minimum atomic E-state index is -0.400. The second kappa shape index (κ2) is 11.0. The first-order valence-corrected chi connectivity index (χ1v) is 12.4. The van der Waals surface area contributed by atoms with Crippen LogP contribution in [0.25, 0.3) is 11.5 Å². The third-order valence-electron chi connectivity index (χ3n) is 4.66. The fourth-order valence-electron chi connectivity index (χ4n) is 3.00. The largest absolute Gasteiger partial charge is 0.421 e. The molecule has 0 saturated carbocycles. The van der Waals surface area contributed by atoms with Crippen molar-refractivity contribution in [2.75, 3.05) is 0 Å². The minimum absolute atomic E-state index is 0.0994. The minimum Gasteiger partial charge on any atom is -0.421 e. The summed E-state index contributed by atoms with van der Waals surface area (Å²) in [7, 11) is 0. The first-order valence-electron chi connectivity index (χ1n) is 10.4. The standard InChI is InChI=1S/C23H22N6O3S2/c1-14-11-15(2)25-23(24-14)34-12-16-3-5-17(6-4-16)21(31)28-26-19(30)7-8-20-27-29-22(32-20)18-9-10-33-13-18/h3-6,9-11,13H,7-8,12H2,1-2H3,(H,26,30)(H,28,31). The van der Waals surface area contributed by atoms with Crippen LogP contribution in [0.2, 0.25) is 0 Å². The van der Waals surface area contributed by atoms with Crippen LogP contribution in [0.3, 0.4) is 0 Å². The van der Waals surface area contributed by atoms with Gasteiger partial charge in [0.25, 0.3) is 5.91 Å². The highest BCUT2D eigenvalue weighted by molar-refractivity contribution is 7.98. The van der Waals surface area contributed by atoms with E-state index in [1.165, 1.54) is 23.1 Å². The summed E-state index contributed by atoms with van der Waals surface area (Å²) in [5.41, 5.74) is 9.03. The molecule has 1 aromatic carbocycles. The summed E-state index contributed by atoms with van der Waals surface area (Å²) in [6, 6.07) is 11.0. The molecule has 0 saturated heterocycles. The van der Waals surface area contributed by atoms with E-state index in [1.54, 1.807) is 12.1 Å². The molecule has 2 N–H and O–H groups in total. The van der Waals surface area contributed by atoms with Gasteiger partial charge in [-0.1, -0.05) is 23.9 Å². The zero-order chi connectivity index (χ0) is 23.9. The molecule has 0 aliphatic heterocycles. The third kappa shape index (κ3) is 6.49. The summed E-state index contributed by atoms with van der Waals surface area (Å²) in [5, 5.41) is 12.5. The Morgan fingerprint density at radius 1 is 1.03 bits per heavy atom. The second-order valence-electron chi connectivity index (χ2n) is 7.43. The Morgan fingerprint density at radius 3 is 2.50 bits per heavy atom. The zero-order valence-corrected chi connectivity index (χ0v) is 20.2. The quantitative estimate of drug-likeness (QED) is 0.215. The average molecular weight is 495 g/mol. The van der Waals surface area contributed by atoms with Gasteiger partial charge in [-0.2, -0.15) is 11.3 Å². The van der Waals surface area contributed by atoms with E-state index in [4.69, 9.17) is 4.42 Å². The van der Waals surface area contributed by atoms with E-state index in [-0.39, 0.29) is 18.7 Å². The van der Waals surface area contributed by atoms with E-state index >= 15 is 0 Å². The number of hydrazine groups is 1. The molecule has 2 amide bonds. The summed E-state index contributed by atoms with van der Waals surface area (Å²) >= 11 is 3.07. The van der Waals surface area contributed by atoms with Crippen molar-refractivity contribution in [3.8, 4) is 11.5 Å². The van der Waals surface area contributed by atoms with Crippen LogP contribution < -0.4 is 10.9 Å². The van der Waals surface area contributed by atoms with Crippen LogP contribution in [0.15, 0.2) is 56.7 Å². The maximum absolute atomic E-state index is 12.3. The molecule has 3 heterocycles. The molecule has 34 heavy (non-hydrogen) atoms. The average Bonchev–Trinajstić information content (AvgIpc) is 3.52. The third-order valence-corrected chi connectivity index (χ3v) is 6.26. The number of rotatable bonds is 8. The zero-order valence-electron chi connectivity index (χ0n) is 18.6. The molecule has 0 unspecified atom stereocenters. The number of thiophene rings is 1. The molecule has 0 aliphatic carbocycles. The summed E-state index contributed by atoms with van der Waals surface area (Å²) in [5.74, 6) is 0.717. The van der Waals surface area contributed by atoms with Crippen molar-refractivity contribution in [3.05, 3.63) is 75.6 Å². The van der Waals surface area contributed by atoms with Gasteiger partial charge in [-0.3, -0.25) is 20.4 Å². The predicted octanol–water partition coefficient (Wildman–Crippen LogP) is 3.89. The highest BCUT2D eigenvalue weighted by atomic mass is 32.2. The lowest BCUT2D eigenvalue weighted by Gasteiger charge is -2.08. The van der Waals surface area contributed by atoms with Gasteiger partial charge in [0.1, 0.15) is 0 Å². The summed E-state index contributed by atoms with van der Waals surface area (Å²) in [6.45, 7) is 3.89. The normalized spacial score (nSPS) is 10.8. The Bertz CT molecular complexity index is 1250. The molecule has 0 fully saturated rings. The Hall–Kier alpha value is -3.57. The molecular weight excluding hydrogens is 472 g/mol. The van der Waals surface area contributed by atoms with E-state index in [2.05, 4.69) is 31.0 Å². The number of carbonyl (C=O) groups excluding carboxylic acids is 2. The lowest BCUT2D eigenvalue weighted by atomic mass is 10.1. The molecule has 4 aromatic rings. The van der Waals surface area contributed by atoms with Crippen LogP contribution in [0.1, 0.15) is 39.6 Å². The molecule has 0 atom stereocenters. The molecule has 0 spiro atoms. The molecule has 9 nitrogen and oxygen atoms in total. The van der Waals surface area contributed by atoms with E-state index < -0.39 is 5.91 Å². The number of nitrogens with one attached hydrogen (secondary N) is 2. The molecule has 4 rings (SSSR count). The van der Waals surface area contributed by atoms with Crippen LogP contribution >= 0.6 is 23.1 Å². The monoisotopic (exact) mass is 494 g/mol. The van der Waals surface area contributed by atoms with Crippen molar-refractivity contribution in [1.29, 1.82) is 0 Å². The lowest BCUT2D eigenvalue weighted by Crippen LogP contribution is -2.41. The first kappa shape index (κ1) is 23.6. The Balaban J connectivity index is 1.21. The molecule has 3 aromatic heterocycles. The predicted molar refractivity (Wildman–Crippen MR) is 129 cm³/mol. The van der Waals surface area contributed by atoms with Gasteiger partial charge in [-0.15, -0.1) is 10.2 Å². The van der Waals surface area contributed by atoms with Crippen molar-refractivity contribution >= 4 is 34.9 Å².